The molecule has 0 spiro atoms. The third kappa shape index (κ3) is 5.29. The number of halogens is 2. The highest BCUT2D eigenvalue weighted by atomic mass is 79.9. The molecule has 0 fully saturated rings. The van der Waals surface area contributed by atoms with E-state index >= 15 is 0 Å². The lowest BCUT2D eigenvalue weighted by Gasteiger charge is -2.09. The van der Waals surface area contributed by atoms with Crippen LogP contribution in [0.4, 0.5) is 5.13 Å². The summed E-state index contributed by atoms with van der Waals surface area (Å²) in [5.41, 5.74) is 2.21. The first-order valence-electron chi connectivity index (χ1n) is 8.22. The Bertz CT molecular complexity index is 1010. The van der Waals surface area contributed by atoms with E-state index in [1.807, 2.05) is 36.6 Å². The summed E-state index contributed by atoms with van der Waals surface area (Å²) < 4.78 is 6.15. The Kier molecular flexibility index (Phi) is 7.01. The fourth-order valence-electron chi connectivity index (χ4n) is 2.30. The number of hydrogen-bond acceptors (Lipinski definition) is 5. The van der Waals surface area contributed by atoms with Gasteiger partial charge in [0.25, 0.3) is 5.91 Å². The molecule has 1 heterocycles. The number of benzene rings is 2. The van der Waals surface area contributed by atoms with Gasteiger partial charge in [0.1, 0.15) is 5.75 Å². The number of carbonyl (C=O) groups is 1. The summed E-state index contributed by atoms with van der Waals surface area (Å²) in [7, 11) is 0. The van der Waals surface area contributed by atoms with Crippen LogP contribution in [0.1, 0.15) is 17.3 Å². The van der Waals surface area contributed by atoms with Gasteiger partial charge < -0.3 is 10.1 Å². The Morgan fingerprint density at radius 3 is 2.71 bits per heavy atom. The van der Waals surface area contributed by atoms with Crippen LogP contribution in [0.15, 0.2) is 52.3 Å². The molecule has 2 aromatic carbocycles. The molecule has 3 rings (SSSR count). The molecular formula is C19H15BrClN3O2S2. The van der Waals surface area contributed by atoms with Crippen LogP contribution in [0.3, 0.4) is 0 Å². The Labute approximate surface area is 185 Å². The first-order valence-corrected chi connectivity index (χ1v) is 10.7. The van der Waals surface area contributed by atoms with Crippen molar-refractivity contribution in [2.24, 2.45) is 0 Å². The highest BCUT2D eigenvalue weighted by Crippen LogP contribution is 2.27. The van der Waals surface area contributed by atoms with Crippen molar-refractivity contribution >= 4 is 67.2 Å². The van der Waals surface area contributed by atoms with Gasteiger partial charge in [0, 0.05) is 21.5 Å². The van der Waals surface area contributed by atoms with Crippen LogP contribution in [-0.4, -0.2) is 22.6 Å². The second-order valence-corrected chi connectivity index (χ2v) is 8.09. The molecule has 0 aliphatic rings. The molecule has 5 nitrogen and oxygen atoms in total. The third-order valence-corrected chi connectivity index (χ3v) is 5.42. The molecule has 0 aliphatic heterocycles. The molecule has 28 heavy (non-hydrogen) atoms. The molecule has 0 radical (unpaired) electrons. The minimum Gasteiger partial charge on any atom is -0.493 e. The van der Waals surface area contributed by atoms with Gasteiger partial charge in [-0.1, -0.05) is 23.7 Å². The van der Waals surface area contributed by atoms with Crippen molar-refractivity contribution in [1.29, 1.82) is 0 Å². The topological polar surface area (TPSA) is 63.2 Å². The van der Waals surface area contributed by atoms with Crippen LogP contribution < -0.4 is 15.4 Å². The molecule has 0 atom stereocenters. The van der Waals surface area contributed by atoms with Gasteiger partial charge in [0.05, 0.1) is 16.8 Å². The molecule has 9 heteroatoms. The van der Waals surface area contributed by atoms with Gasteiger partial charge in [-0.3, -0.25) is 10.1 Å². The number of ether oxygens (including phenoxy) is 1. The maximum absolute atomic E-state index is 12.4. The molecular weight excluding hydrogens is 482 g/mol. The van der Waals surface area contributed by atoms with Crippen molar-refractivity contribution in [2.45, 2.75) is 6.92 Å². The number of thiazole rings is 1. The fraction of sp³-hybridized carbons (Fsp3) is 0.105. The number of hydrogen-bond donors (Lipinski definition) is 2. The minimum absolute atomic E-state index is 0.173. The van der Waals surface area contributed by atoms with E-state index in [4.69, 9.17) is 28.6 Å². The number of nitrogens with one attached hydrogen (secondary N) is 2. The second-order valence-electron chi connectivity index (χ2n) is 5.53. The maximum Gasteiger partial charge on any atom is 0.257 e. The van der Waals surface area contributed by atoms with Gasteiger partial charge >= 0.3 is 0 Å². The van der Waals surface area contributed by atoms with E-state index < -0.39 is 0 Å². The third-order valence-electron chi connectivity index (χ3n) is 3.59. The van der Waals surface area contributed by atoms with Gasteiger partial charge in [0.15, 0.2) is 10.2 Å². The second kappa shape index (κ2) is 9.47. The van der Waals surface area contributed by atoms with Crippen LogP contribution in [0.2, 0.25) is 5.02 Å². The normalized spacial score (nSPS) is 10.4. The lowest BCUT2D eigenvalue weighted by Crippen LogP contribution is -2.34. The monoisotopic (exact) mass is 495 g/mol. The Balaban J connectivity index is 1.62. The lowest BCUT2D eigenvalue weighted by atomic mass is 10.2. The van der Waals surface area contributed by atoms with Gasteiger partial charge in [-0.2, -0.15) is 0 Å². The van der Waals surface area contributed by atoms with Crippen molar-refractivity contribution in [2.75, 3.05) is 11.9 Å². The van der Waals surface area contributed by atoms with Crippen molar-refractivity contribution in [3.05, 3.63) is 62.9 Å². The van der Waals surface area contributed by atoms with Crippen molar-refractivity contribution in [3.63, 3.8) is 0 Å². The zero-order valence-corrected chi connectivity index (χ0v) is 18.6. The zero-order valence-electron chi connectivity index (χ0n) is 14.7. The highest BCUT2D eigenvalue weighted by molar-refractivity contribution is 9.10. The average molecular weight is 497 g/mol. The van der Waals surface area contributed by atoms with Gasteiger partial charge in [-0.25, -0.2) is 4.98 Å². The minimum atomic E-state index is -0.323. The van der Waals surface area contributed by atoms with E-state index in [1.54, 1.807) is 18.2 Å². The highest BCUT2D eigenvalue weighted by Gasteiger charge is 2.12. The molecule has 3 aromatic rings. The zero-order chi connectivity index (χ0) is 20.1. The van der Waals surface area contributed by atoms with Crippen LogP contribution in [0, 0.1) is 0 Å². The van der Waals surface area contributed by atoms with Crippen LogP contribution in [0.25, 0.3) is 11.3 Å². The first kappa shape index (κ1) is 20.7. The SMILES string of the molecule is CCOc1ccc(C(=O)NC(=S)Nc2nc(-c3ccc(Cl)cc3)cs2)cc1Br. The molecule has 2 N–H and O–H groups in total. The summed E-state index contributed by atoms with van der Waals surface area (Å²) in [4.78, 5) is 16.9. The quantitative estimate of drug-likeness (QED) is 0.440. The van der Waals surface area contributed by atoms with E-state index in [-0.39, 0.29) is 11.0 Å². The first-order chi connectivity index (χ1) is 13.5. The van der Waals surface area contributed by atoms with Gasteiger partial charge in [0.2, 0.25) is 0 Å². The number of thiocarbonyl (C=S) groups is 1. The summed E-state index contributed by atoms with van der Waals surface area (Å²) in [6, 6.07) is 12.5. The number of aromatic nitrogens is 1. The predicted molar refractivity (Wildman–Crippen MR) is 122 cm³/mol. The molecule has 1 aromatic heterocycles. The van der Waals surface area contributed by atoms with Gasteiger partial charge in [-0.15, -0.1) is 11.3 Å². The Morgan fingerprint density at radius 2 is 2.04 bits per heavy atom. The van der Waals surface area contributed by atoms with Crippen LogP contribution in [-0.2, 0) is 0 Å². The molecule has 144 valence electrons. The molecule has 0 bridgehead atoms. The van der Waals surface area contributed by atoms with Crippen LogP contribution >= 0.6 is 51.1 Å². The van der Waals surface area contributed by atoms with Crippen molar-refractivity contribution in [3.8, 4) is 17.0 Å². The molecule has 0 unspecified atom stereocenters. The predicted octanol–water partition coefficient (Wildman–Crippen LogP) is 5.75. The molecule has 0 saturated heterocycles. The summed E-state index contributed by atoms with van der Waals surface area (Å²) in [6.45, 7) is 2.44. The van der Waals surface area contributed by atoms with Crippen LogP contribution in [0.5, 0.6) is 5.75 Å². The standard InChI is InChI=1S/C19H15BrClN3O2S2/c1-2-26-16-8-5-12(9-14(16)20)17(25)23-18(27)24-19-22-15(10-28-19)11-3-6-13(21)7-4-11/h3-10H,2H2,1H3,(H2,22,23,24,25,27). The number of anilines is 1. The largest absolute Gasteiger partial charge is 0.493 e. The van der Waals surface area contributed by atoms with E-state index in [1.165, 1.54) is 11.3 Å². The number of rotatable bonds is 5. The summed E-state index contributed by atoms with van der Waals surface area (Å²) in [5.74, 6) is 0.355. The summed E-state index contributed by atoms with van der Waals surface area (Å²) >= 11 is 15.9. The van der Waals surface area contributed by atoms with Crippen molar-refractivity contribution < 1.29 is 9.53 Å². The average Bonchev–Trinajstić information content (AvgIpc) is 3.12. The lowest BCUT2D eigenvalue weighted by molar-refractivity contribution is 0.0977. The summed E-state index contributed by atoms with van der Waals surface area (Å²) in [6.07, 6.45) is 0. The van der Waals surface area contributed by atoms with E-state index in [0.717, 1.165) is 11.3 Å². The number of amides is 1. The smallest absolute Gasteiger partial charge is 0.257 e. The van der Waals surface area contributed by atoms with Crippen molar-refractivity contribution in [1.82, 2.24) is 10.3 Å². The Hall–Kier alpha value is -2.00. The molecule has 0 aliphatic carbocycles. The molecule has 0 saturated carbocycles. The number of nitrogens with zero attached hydrogens (tertiary/aromatic N) is 1. The summed E-state index contributed by atoms with van der Waals surface area (Å²) in [5, 5.41) is 8.91. The number of carbonyl (C=O) groups excluding carboxylic acids is 1. The molecule has 1 amide bonds. The van der Waals surface area contributed by atoms with E-state index in [9.17, 15) is 4.79 Å². The fourth-order valence-corrected chi connectivity index (χ4v) is 3.90. The van der Waals surface area contributed by atoms with E-state index in [0.29, 0.717) is 32.5 Å². The van der Waals surface area contributed by atoms with Gasteiger partial charge in [-0.05, 0) is 65.4 Å². The Morgan fingerprint density at radius 1 is 1.29 bits per heavy atom. The van der Waals surface area contributed by atoms with E-state index in [2.05, 4.69) is 31.5 Å². The maximum atomic E-state index is 12.4.